The summed E-state index contributed by atoms with van der Waals surface area (Å²) in [5.74, 6) is 3.46. The molecule has 2 N–H and O–H groups in total. The molecule has 132 valence electrons. The molecule has 2 aliphatic rings. The third-order valence-electron chi connectivity index (χ3n) is 4.62. The van der Waals surface area contributed by atoms with Crippen LogP contribution in [0.25, 0.3) is 0 Å². The topological polar surface area (TPSA) is 68.3 Å². The highest BCUT2D eigenvalue weighted by atomic mass is 16.6. The Labute approximate surface area is 148 Å². The van der Waals surface area contributed by atoms with Crippen LogP contribution < -0.4 is 20.1 Å². The van der Waals surface area contributed by atoms with Crippen LogP contribution in [0.15, 0.2) is 24.3 Å². The van der Waals surface area contributed by atoms with Crippen LogP contribution in [0.5, 0.6) is 11.5 Å². The number of hydrogen-bond acceptors (Lipinski definition) is 6. The molecule has 6 heteroatoms. The maximum absolute atomic E-state index is 6.02. The zero-order chi connectivity index (χ0) is 17.1. The average Bonchev–Trinajstić information content (AvgIpc) is 2.87. The number of aromatic nitrogens is 2. The number of fused-ring (bicyclic) bond motifs is 2. The van der Waals surface area contributed by atoms with E-state index < -0.39 is 0 Å². The molecule has 0 amide bonds. The molecule has 2 aliphatic heterocycles. The number of nitrogens with zero attached hydrogens (tertiary/aromatic N) is 2. The molecule has 0 bridgehead atoms. The molecule has 6 nitrogen and oxygen atoms in total. The van der Waals surface area contributed by atoms with Crippen molar-refractivity contribution < 1.29 is 9.47 Å². The predicted octanol–water partition coefficient (Wildman–Crippen LogP) is 2.12. The molecule has 3 heterocycles. The molecule has 1 unspecified atom stereocenters. The molecule has 0 saturated heterocycles. The minimum atomic E-state index is 0.0607. The third-order valence-corrected chi connectivity index (χ3v) is 4.62. The van der Waals surface area contributed by atoms with Gasteiger partial charge in [-0.3, -0.25) is 0 Å². The number of benzene rings is 1. The number of hydrogen-bond donors (Lipinski definition) is 2. The van der Waals surface area contributed by atoms with Gasteiger partial charge in [-0.2, -0.15) is 0 Å². The maximum atomic E-state index is 6.02. The molecule has 1 aromatic heterocycles. The van der Waals surface area contributed by atoms with Gasteiger partial charge in [-0.25, -0.2) is 9.97 Å². The summed E-state index contributed by atoms with van der Waals surface area (Å²) in [4.78, 5) is 9.25. The first kappa shape index (κ1) is 16.1. The summed E-state index contributed by atoms with van der Waals surface area (Å²) >= 11 is 0. The van der Waals surface area contributed by atoms with Crippen LogP contribution in [0.2, 0.25) is 0 Å². The smallest absolute Gasteiger partial charge is 0.161 e. The average molecular weight is 340 g/mol. The minimum Gasteiger partial charge on any atom is -0.486 e. The lowest BCUT2D eigenvalue weighted by Gasteiger charge is -2.26. The van der Waals surface area contributed by atoms with E-state index >= 15 is 0 Å². The van der Waals surface area contributed by atoms with E-state index in [9.17, 15) is 0 Å². The summed E-state index contributed by atoms with van der Waals surface area (Å²) in [6.07, 6.45) is 2.85. The van der Waals surface area contributed by atoms with Gasteiger partial charge in [0.1, 0.15) is 24.4 Å². The van der Waals surface area contributed by atoms with Gasteiger partial charge in [-0.15, -0.1) is 0 Å². The van der Waals surface area contributed by atoms with Gasteiger partial charge in [0, 0.05) is 31.5 Å². The number of ether oxygens (including phenoxy) is 2. The van der Waals surface area contributed by atoms with Crippen LogP contribution >= 0.6 is 0 Å². The Hall–Kier alpha value is -2.34. The van der Waals surface area contributed by atoms with Crippen molar-refractivity contribution in [1.29, 1.82) is 0 Å². The standard InChI is InChI=1S/C19H24N4O2/c1-13-22-16-8-10-20-9-7-15(16)19(23-13)21-11-6-14-12-24-17-4-2-3-5-18(17)25-14/h2-5,14,20H,6-12H2,1H3,(H,21,22,23). The molecule has 1 atom stereocenters. The minimum absolute atomic E-state index is 0.0607. The SMILES string of the molecule is Cc1nc2c(c(NCCC3COc4ccccc4O3)n1)CCNCC2. The highest BCUT2D eigenvalue weighted by Crippen LogP contribution is 2.31. The summed E-state index contributed by atoms with van der Waals surface area (Å²) in [7, 11) is 0. The lowest BCUT2D eigenvalue weighted by molar-refractivity contribution is 0.0873. The second kappa shape index (κ2) is 7.27. The van der Waals surface area contributed by atoms with Crippen molar-refractivity contribution in [2.24, 2.45) is 0 Å². The van der Waals surface area contributed by atoms with Crippen molar-refractivity contribution >= 4 is 5.82 Å². The zero-order valence-corrected chi connectivity index (χ0v) is 14.5. The molecule has 4 rings (SSSR count). The van der Waals surface area contributed by atoms with Crippen molar-refractivity contribution in [2.45, 2.75) is 32.3 Å². The highest BCUT2D eigenvalue weighted by molar-refractivity contribution is 5.47. The summed E-state index contributed by atoms with van der Waals surface area (Å²) in [5, 5.41) is 6.92. The molecule has 0 saturated carbocycles. The number of anilines is 1. The quantitative estimate of drug-likeness (QED) is 0.889. The fraction of sp³-hybridized carbons (Fsp3) is 0.474. The monoisotopic (exact) mass is 340 g/mol. The maximum Gasteiger partial charge on any atom is 0.161 e. The Morgan fingerprint density at radius 1 is 1.16 bits per heavy atom. The van der Waals surface area contributed by atoms with Gasteiger partial charge < -0.3 is 20.1 Å². The number of aryl methyl sites for hydroxylation is 1. The molecule has 0 aliphatic carbocycles. The molecule has 0 fully saturated rings. The fourth-order valence-corrected chi connectivity index (χ4v) is 3.37. The van der Waals surface area contributed by atoms with E-state index in [1.807, 2.05) is 31.2 Å². The van der Waals surface area contributed by atoms with E-state index in [1.165, 1.54) is 11.3 Å². The molecule has 0 spiro atoms. The Balaban J connectivity index is 1.39. The number of para-hydroxylation sites is 2. The third kappa shape index (κ3) is 3.69. The number of nitrogens with one attached hydrogen (secondary N) is 2. The molecular formula is C19H24N4O2. The van der Waals surface area contributed by atoms with Crippen molar-refractivity contribution in [3.63, 3.8) is 0 Å². The Bertz CT molecular complexity index is 750. The second-order valence-corrected chi connectivity index (χ2v) is 6.51. The van der Waals surface area contributed by atoms with Crippen molar-refractivity contribution in [2.75, 3.05) is 31.6 Å². The Morgan fingerprint density at radius 2 is 2.00 bits per heavy atom. The van der Waals surface area contributed by atoms with Crippen LogP contribution in [0.1, 0.15) is 23.5 Å². The van der Waals surface area contributed by atoms with Crippen LogP contribution in [-0.4, -0.2) is 42.3 Å². The van der Waals surface area contributed by atoms with E-state index in [2.05, 4.69) is 20.6 Å². The summed E-state index contributed by atoms with van der Waals surface area (Å²) in [6.45, 7) is 5.30. The van der Waals surface area contributed by atoms with Gasteiger partial charge in [0.2, 0.25) is 0 Å². The van der Waals surface area contributed by atoms with Gasteiger partial charge in [0.25, 0.3) is 0 Å². The second-order valence-electron chi connectivity index (χ2n) is 6.51. The van der Waals surface area contributed by atoms with E-state index in [4.69, 9.17) is 9.47 Å². The van der Waals surface area contributed by atoms with Gasteiger partial charge in [-0.05, 0) is 32.0 Å². The van der Waals surface area contributed by atoms with Crippen molar-refractivity contribution in [3.05, 3.63) is 41.3 Å². The lowest BCUT2D eigenvalue weighted by Crippen LogP contribution is -2.31. The summed E-state index contributed by atoms with van der Waals surface area (Å²) in [6, 6.07) is 7.82. The van der Waals surface area contributed by atoms with Gasteiger partial charge in [0.15, 0.2) is 11.5 Å². The molecule has 1 aromatic carbocycles. The first-order chi connectivity index (χ1) is 12.3. The largest absolute Gasteiger partial charge is 0.486 e. The van der Waals surface area contributed by atoms with Gasteiger partial charge in [-0.1, -0.05) is 12.1 Å². The van der Waals surface area contributed by atoms with E-state index in [0.29, 0.717) is 6.61 Å². The van der Waals surface area contributed by atoms with E-state index in [-0.39, 0.29) is 6.10 Å². The summed E-state index contributed by atoms with van der Waals surface area (Å²) in [5.41, 5.74) is 2.42. The predicted molar refractivity (Wildman–Crippen MR) is 96.5 cm³/mol. The van der Waals surface area contributed by atoms with Crippen molar-refractivity contribution in [1.82, 2.24) is 15.3 Å². The van der Waals surface area contributed by atoms with Crippen molar-refractivity contribution in [3.8, 4) is 11.5 Å². The first-order valence-electron chi connectivity index (χ1n) is 8.99. The van der Waals surface area contributed by atoms with E-state index in [0.717, 1.165) is 62.0 Å². The zero-order valence-electron chi connectivity index (χ0n) is 14.5. The van der Waals surface area contributed by atoms with Crippen LogP contribution in [0.3, 0.4) is 0 Å². The fourth-order valence-electron chi connectivity index (χ4n) is 3.37. The molecule has 0 radical (unpaired) electrons. The number of rotatable bonds is 4. The Morgan fingerprint density at radius 3 is 2.92 bits per heavy atom. The van der Waals surface area contributed by atoms with Crippen LogP contribution in [-0.2, 0) is 12.8 Å². The van der Waals surface area contributed by atoms with E-state index in [1.54, 1.807) is 0 Å². The highest BCUT2D eigenvalue weighted by Gasteiger charge is 2.21. The molecule has 25 heavy (non-hydrogen) atoms. The summed E-state index contributed by atoms with van der Waals surface area (Å²) < 4.78 is 11.8. The van der Waals surface area contributed by atoms with Crippen LogP contribution in [0, 0.1) is 6.92 Å². The van der Waals surface area contributed by atoms with Gasteiger partial charge >= 0.3 is 0 Å². The first-order valence-corrected chi connectivity index (χ1v) is 8.99. The van der Waals surface area contributed by atoms with Crippen LogP contribution in [0.4, 0.5) is 5.82 Å². The molecule has 2 aromatic rings. The molecular weight excluding hydrogens is 316 g/mol. The van der Waals surface area contributed by atoms with Gasteiger partial charge in [0.05, 0.1) is 5.69 Å². The Kier molecular flexibility index (Phi) is 4.70. The lowest BCUT2D eigenvalue weighted by atomic mass is 10.1. The normalized spacial score (nSPS) is 19.0.